The van der Waals surface area contributed by atoms with Crippen LogP contribution in [0.15, 0.2) is 16.5 Å². The molecule has 3 N–H and O–H groups in total. The number of hydrogen-bond donors (Lipinski definition) is 3. The third-order valence-corrected chi connectivity index (χ3v) is 3.38. The van der Waals surface area contributed by atoms with Crippen molar-refractivity contribution in [3.8, 4) is 0 Å². The van der Waals surface area contributed by atoms with Crippen molar-refractivity contribution in [3.63, 3.8) is 0 Å². The molecule has 1 aromatic rings. The van der Waals surface area contributed by atoms with Crippen LogP contribution in [0.1, 0.15) is 5.76 Å². The van der Waals surface area contributed by atoms with Crippen LogP contribution in [-0.2, 0) is 6.54 Å². The summed E-state index contributed by atoms with van der Waals surface area (Å²) >= 11 is 0. The number of nitrogens with one attached hydrogen (secondary N) is 2. The van der Waals surface area contributed by atoms with Gasteiger partial charge in [0.1, 0.15) is 44.2 Å². The fourth-order valence-corrected chi connectivity index (χ4v) is 2.35. The molecule has 1 saturated heterocycles. The maximum Gasteiger partial charge on any atom is 0.433 e. The summed E-state index contributed by atoms with van der Waals surface area (Å²) < 4.78 is 5.16. The molecule has 0 saturated carbocycles. The number of rotatable bonds is 5. The van der Waals surface area contributed by atoms with E-state index < -0.39 is 4.92 Å². The number of hydrogen-bond acceptors (Lipinski definition) is 4. The summed E-state index contributed by atoms with van der Waals surface area (Å²) in [6.45, 7) is 5.79. The Morgan fingerprint density at radius 1 is 1.28 bits per heavy atom. The second-order valence-electron chi connectivity index (χ2n) is 4.65. The standard InChI is InChI=1S/C11H17N3O4/c15-8-7-12-3-5-13(6-4-12)9-10-1-2-11(18-10)14(16)17/h1-2,15H,3-9H2/p+2. The number of furan rings is 1. The zero-order valence-corrected chi connectivity index (χ0v) is 10.2. The summed E-state index contributed by atoms with van der Waals surface area (Å²) in [5.41, 5.74) is 0. The van der Waals surface area contributed by atoms with Gasteiger partial charge in [0.05, 0.1) is 12.7 Å². The van der Waals surface area contributed by atoms with Gasteiger partial charge in [0.25, 0.3) is 0 Å². The number of quaternary nitrogens is 2. The molecule has 7 heteroatoms. The minimum atomic E-state index is -0.512. The Kier molecular flexibility index (Phi) is 4.29. The Bertz CT molecular complexity index is 399. The number of nitro groups is 1. The van der Waals surface area contributed by atoms with E-state index in [0.29, 0.717) is 12.3 Å². The van der Waals surface area contributed by atoms with Crippen LogP contribution >= 0.6 is 0 Å². The van der Waals surface area contributed by atoms with Gasteiger partial charge >= 0.3 is 5.88 Å². The lowest BCUT2D eigenvalue weighted by atomic mass is 10.3. The number of aliphatic hydroxyl groups excluding tert-OH is 1. The third kappa shape index (κ3) is 3.28. The first-order valence-electron chi connectivity index (χ1n) is 6.20. The summed E-state index contributed by atoms with van der Waals surface area (Å²) in [5.74, 6) is 0.483. The molecule has 0 aliphatic carbocycles. The van der Waals surface area contributed by atoms with Gasteiger partial charge < -0.3 is 19.3 Å². The average molecular weight is 257 g/mol. The molecule has 2 rings (SSSR count). The van der Waals surface area contributed by atoms with E-state index in [4.69, 9.17) is 9.52 Å². The number of nitrogens with zero attached hydrogens (tertiary/aromatic N) is 1. The van der Waals surface area contributed by atoms with Crippen molar-refractivity contribution in [2.24, 2.45) is 0 Å². The van der Waals surface area contributed by atoms with Gasteiger partial charge in [0, 0.05) is 0 Å². The Hall–Kier alpha value is -1.44. The predicted octanol–water partition coefficient (Wildman–Crippen LogP) is -2.54. The van der Waals surface area contributed by atoms with Crippen LogP contribution in [0.25, 0.3) is 0 Å². The van der Waals surface area contributed by atoms with Crippen molar-refractivity contribution in [1.82, 2.24) is 0 Å². The van der Waals surface area contributed by atoms with Crippen LogP contribution in [0.3, 0.4) is 0 Å². The van der Waals surface area contributed by atoms with Gasteiger partial charge in [-0.05, 0) is 6.07 Å². The van der Waals surface area contributed by atoms with Gasteiger partial charge in [0.15, 0.2) is 5.76 Å². The first-order chi connectivity index (χ1) is 8.69. The van der Waals surface area contributed by atoms with Crippen molar-refractivity contribution >= 4 is 5.88 Å². The van der Waals surface area contributed by atoms with Crippen LogP contribution in [0.2, 0.25) is 0 Å². The molecule has 1 fully saturated rings. The molecular formula is C11H19N3O4+2. The second-order valence-corrected chi connectivity index (χ2v) is 4.65. The molecule has 100 valence electrons. The van der Waals surface area contributed by atoms with E-state index in [9.17, 15) is 10.1 Å². The molecule has 0 atom stereocenters. The molecule has 1 aliphatic heterocycles. The van der Waals surface area contributed by atoms with E-state index in [1.807, 2.05) is 0 Å². The van der Waals surface area contributed by atoms with Crippen molar-refractivity contribution in [3.05, 3.63) is 28.0 Å². The molecule has 0 bridgehead atoms. The molecule has 0 aromatic carbocycles. The predicted molar refractivity (Wildman–Crippen MR) is 62.4 cm³/mol. The van der Waals surface area contributed by atoms with Gasteiger partial charge in [-0.1, -0.05) is 0 Å². The zero-order valence-electron chi connectivity index (χ0n) is 10.2. The van der Waals surface area contributed by atoms with Crippen LogP contribution in [0.4, 0.5) is 5.88 Å². The van der Waals surface area contributed by atoms with E-state index in [0.717, 1.165) is 32.7 Å². The lowest BCUT2D eigenvalue weighted by molar-refractivity contribution is -1.02. The Morgan fingerprint density at radius 2 is 1.94 bits per heavy atom. The van der Waals surface area contributed by atoms with E-state index in [1.54, 1.807) is 6.07 Å². The highest BCUT2D eigenvalue weighted by molar-refractivity contribution is 5.17. The molecule has 2 heterocycles. The van der Waals surface area contributed by atoms with Crippen molar-refractivity contribution in [2.75, 3.05) is 39.3 Å². The SMILES string of the molecule is O=[N+]([O-])c1ccc(C[NH+]2CC[NH+](CCO)CC2)o1. The van der Waals surface area contributed by atoms with Crippen LogP contribution < -0.4 is 9.80 Å². The lowest BCUT2D eigenvalue weighted by Gasteiger charge is -2.28. The molecule has 0 unspecified atom stereocenters. The first-order valence-corrected chi connectivity index (χ1v) is 6.20. The molecule has 7 nitrogen and oxygen atoms in total. The van der Waals surface area contributed by atoms with E-state index >= 15 is 0 Å². The van der Waals surface area contributed by atoms with Gasteiger partial charge in [-0.2, -0.15) is 0 Å². The first kappa shape index (κ1) is 13.0. The van der Waals surface area contributed by atoms with Crippen molar-refractivity contribution in [2.45, 2.75) is 6.54 Å². The average Bonchev–Trinajstić information content (AvgIpc) is 2.81. The highest BCUT2D eigenvalue weighted by Crippen LogP contribution is 2.14. The van der Waals surface area contributed by atoms with Gasteiger partial charge in [0.2, 0.25) is 0 Å². The number of aliphatic hydroxyl groups is 1. The topological polar surface area (TPSA) is 85.4 Å². The molecular weight excluding hydrogens is 238 g/mol. The van der Waals surface area contributed by atoms with Crippen molar-refractivity contribution < 1.29 is 24.2 Å². The molecule has 1 aromatic heterocycles. The maximum absolute atomic E-state index is 10.5. The smallest absolute Gasteiger partial charge is 0.400 e. The van der Waals surface area contributed by atoms with Crippen LogP contribution in [0, 0.1) is 10.1 Å². The van der Waals surface area contributed by atoms with Gasteiger partial charge in [-0.3, -0.25) is 10.1 Å². The van der Waals surface area contributed by atoms with Crippen molar-refractivity contribution in [1.29, 1.82) is 0 Å². The fraction of sp³-hybridized carbons (Fsp3) is 0.636. The summed E-state index contributed by atoms with van der Waals surface area (Å²) in [4.78, 5) is 12.8. The highest BCUT2D eigenvalue weighted by atomic mass is 16.6. The summed E-state index contributed by atoms with van der Waals surface area (Å²) in [7, 11) is 0. The lowest BCUT2D eigenvalue weighted by Crippen LogP contribution is -3.27. The Morgan fingerprint density at radius 3 is 2.50 bits per heavy atom. The van der Waals surface area contributed by atoms with E-state index in [1.165, 1.54) is 15.9 Å². The Balaban J connectivity index is 1.82. The third-order valence-electron chi connectivity index (χ3n) is 3.38. The summed E-state index contributed by atoms with van der Waals surface area (Å²) in [6, 6.07) is 3.08. The monoisotopic (exact) mass is 257 g/mol. The van der Waals surface area contributed by atoms with Gasteiger partial charge in [-0.25, -0.2) is 0 Å². The van der Waals surface area contributed by atoms with Gasteiger partial charge in [-0.15, -0.1) is 0 Å². The summed E-state index contributed by atoms with van der Waals surface area (Å²) in [6.07, 6.45) is 0. The molecule has 18 heavy (non-hydrogen) atoms. The summed E-state index contributed by atoms with van der Waals surface area (Å²) in [5, 5.41) is 19.4. The number of piperazine rings is 1. The normalized spacial score (nSPS) is 24.1. The Labute approximate surface area is 105 Å². The second kappa shape index (κ2) is 5.94. The van der Waals surface area contributed by atoms with E-state index in [2.05, 4.69) is 0 Å². The molecule has 0 amide bonds. The van der Waals surface area contributed by atoms with Crippen LogP contribution in [0.5, 0.6) is 0 Å². The minimum Gasteiger partial charge on any atom is -0.400 e. The minimum absolute atomic E-state index is 0.186. The van der Waals surface area contributed by atoms with Crippen LogP contribution in [-0.4, -0.2) is 49.4 Å². The maximum atomic E-state index is 10.5. The fourth-order valence-electron chi connectivity index (χ4n) is 2.35. The molecule has 1 aliphatic rings. The van der Waals surface area contributed by atoms with E-state index in [-0.39, 0.29) is 12.5 Å². The molecule has 0 radical (unpaired) electrons. The quantitative estimate of drug-likeness (QED) is 0.401. The zero-order chi connectivity index (χ0) is 13.0. The molecule has 0 spiro atoms. The highest BCUT2D eigenvalue weighted by Gasteiger charge is 2.24. The largest absolute Gasteiger partial charge is 0.433 e.